The van der Waals surface area contributed by atoms with Gasteiger partial charge in [0, 0.05) is 19.0 Å². The number of nitrogens with zero attached hydrogens (tertiary/aromatic N) is 1. The van der Waals surface area contributed by atoms with Crippen molar-refractivity contribution in [3.8, 4) is 0 Å². The monoisotopic (exact) mass is 291 g/mol. The molecular formula is C17H25NO3. The van der Waals surface area contributed by atoms with Gasteiger partial charge in [0.15, 0.2) is 0 Å². The minimum atomic E-state index is -0.720. The lowest BCUT2D eigenvalue weighted by Crippen LogP contribution is -2.45. The van der Waals surface area contributed by atoms with Gasteiger partial charge in [-0.2, -0.15) is 0 Å². The Morgan fingerprint density at radius 3 is 2.90 bits per heavy atom. The maximum absolute atomic E-state index is 10.6. The maximum atomic E-state index is 10.6. The Morgan fingerprint density at radius 1 is 1.43 bits per heavy atom. The lowest BCUT2D eigenvalue weighted by atomic mass is 9.98. The van der Waals surface area contributed by atoms with Crippen LogP contribution in [0.3, 0.4) is 0 Å². The van der Waals surface area contributed by atoms with Crippen molar-refractivity contribution >= 4 is 5.97 Å². The number of rotatable bonds is 5. The molecule has 1 fully saturated rings. The lowest BCUT2D eigenvalue weighted by Gasteiger charge is -2.38. The fraction of sp³-hybridized carbons (Fsp3) is 0.588. The fourth-order valence-electron chi connectivity index (χ4n) is 2.85. The standard InChI is InChI=1S/C17H25NO3/c1-12-6-7-13(2)15(9-12)16-10-18(14(3)11-21-16)8-4-5-17(19)20/h6-7,9,14,16H,4-5,8,10-11H2,1-3H3,(H,19,20)/t14-,16-/m0/s1. The Kier molecular flexibility index (Phi) is 5.37. The first kappa shape index (κ1) is 16.0. The second kappa shape index (κ2) is 7.05. The molecule has 0 bridgehead atoms. The molecule has 1 aromatic carbocycles. The van der Waals surface area contributed by atoms with E-state index in [1.165, 1.54) is 16.7 Å². The molecule has 0 aromatic heterocycles. The molecule has 116 valence electrons. The average Bonchev–Trinajstić information content (AvgIpc) is 2.43. The number of hydrogen-bond acceptors (Lipinski definition) is 3. The van der Waals surface area contributed by atoms with E-state index in [0.717, 1.165) is 13.1 Å². The highest BCUT2D eigenvalue weighted by atomic mass is 16.5. The maximum Gasteiger partial charge on any atom is 0.303 e. The molecule has 0 unspecified atom stereocenters. The second-order valence-corrected chi connectivity index (χ2v) is 6.02. The van der Waals surface area contributed by atoms with Crippen LogP contribution in [0.5, 0.6) is 0 Å². The minimum absolute atomic E-state index is 0.0888. The lowest BCUT2D eigenvalue weighted by molar-refractivity contribution is -0.137. The summed E-state index contributed by atoms with van der Waals surface area (Å²) in [4.78, 5) is 13.0. The third kappa shape index (κ3) is 4.29. The Hall–Kier alpha value is -1.39. The molecular weight excluding hydrogens is 266 g/mol. The zero-order chi connectivity index (χ0) is 15.4. The highest BCUT2D eigenvalue weighted by Gasteiger charge is 2.27. The van der Waals surface area contributed by atoms with E-state index in [9.17, 15) is 4.79 Å². The summed E-state index contributed by atoms with van der Waals surface area (Å²) in [7, 11) is 0. The summed E-state index contributed by atoms with van der Waals surface area (Å²) < 4.78 is 6.01. The van der Waals surface area contributed by atoms with Gasteiger partial charge < -0.3 is 9.84 Å². The van der Waals surface area contributed by atoms with Crippen LogP contribution in [0, 0.1) is 13.8 Å². The first-order chi connectivity index (χ1) is 9.97. The largest absolute Gasteiger partial charge is 0.481 e. The Balaban J connectivity index is 2.02. The minimum Gasteiger partial charge on any atom is -0.481 e. The Bertz CT molecular complexity index is 501. The van der Waals surface area contributed by atoms with Gasteiger partial charge in [-0.05, 0) is 44.9 Å². The van der Waals surface area contributed by atoms with Crippen molar-refractivity contribution in [1.29, 1.82) is 0 Å². The molecule has 4 heteroatoms. The molecule has 4 nitrogen and oxygen atoms in total. The molecule has 0 aliphatic carbocycles. The smallest absolute Gasteiger partial charge is 0.303 e. The van der Waals surface area contributed by atoms with Crippen LogP contribution >= 0.6 is 0 Å². The summed E-state index contributed by atoms with van der Waals surface area (Å²) in [5.41, 5.74) is 3.76. The van der Waals surface area contributed by atoms with E-state index in [4.69, 9.17) is 9.84 Å². The summed E-state index contributed by atoms with van der Waals surface area (Å²) >= 11 is 0. The molecule has 2 rings (SSSR count). The molecule has 21 heavy (non-hydrogen) atoms. The molecule has 1 aromatic rings. The molecule has 1 saturated heterocycles. The number of carbonyl (C=O) groups is 1. The van der Waals surface area contributed by atoms with E-state index in [1.807, 2.05) is 0 Å². The van der Waals surface area contributed by atoms with Gasteiger partial charge in [0.25, 0.3) is 0 Å². The van der Waals surface area contributed by atoms with Crippen LogP contribution < -0.4 is 0 Å². The third-order valence-corrected chi connectivity index (χ3v) is 4.18. The van der Waals surface area contributed by atoms with Crippen molar-refractivity contribution in [3.63, 3.8) is 0 Å². The summed E-state index contributed by atoms with van der Waals surface area (Å²) in [5, 5.41) is 8.76. The number of ether oxygens (including phenoxy) is 1. The van der Waals surface area contributed by atoms with E-state index in [0.29, 0.717) is 19.1 Å². The van der Waals surface area contributed by atoms with Crippen LogP contribution in [-0.4, -0.2) is 41.7 Å². The zero-order valence-corrected chi connectivity index (χ0v) is 13.1. The van der Waals surface area contributed by atoms with Crippen molar-refractivity contribution in [2.75, 3.05) is 19.7 Å². The molecule has 1 aliphatic rings. The number of hydrogen-bond donors (Lipinski definition) is 1. The third-order valence-electron chi connectivity index (χ3n) is 4.18. The number of carboxylic acids is 1. The molecule has 0 amide bonds. The van der Waals surface area contributed by atoms with Crippen LogP contribution in [0.1, 0.15) is 42.6 Å². The highest BCUT2D eigenvalue weighted by molar-refractivity contribution is 5.66. The van der Waals surface area contributed by atoms with E-state index >= 15 is 0 Å². The van der Waals surface area contributed by atoms with E-state index in [1.54, 1.807) is 0 Å². The van der Waals surface area contributed by atoms with Crippen LogP contribution in [0.2, 0.25) is 0 Å². The number of aliphatic carboxylic acids is 1. The predicted octanol–water partition coefficient (Wildman–Crippen LogP) is 2.93. The van der Waals surface area contributed by atoms with Gasteiger partial charge >= 0.3 is 5.97 Å². The van der Waals surface area contributed by atoms with Crippen molar-refractivity contribution in [2.45, 2.75) is 45.8 Å². The van der Waals surface area contributed by atoms with Crippen molar-refractivity contribution < 1.29 is 14.6 Å². The number of morpholine rings is 1. The van der Waals surface area contributed by atoms with Gasteiger partial charge in [-0.3, -0.25) is 9.69 Å². The van der Waals surface area contributed by atoms with Gasteiger partial charge in [-0.15, -0.1) is 0 Å². The van der Waals surface area contributed by atoms with Crippen LogP contribution in [0.15, 0.2) is 18.2 Å². The summed E-state index contributed by atoms with van der Waals surface area (Å²) in [6, 6.07) is 6.81. The van der Waals surface area contributed by atoms with Gasteiger partial charge in [-0.25, -0.2) is 0 Å². The SMILES string of the molecule is Cc1ccc(C)c([C@@H]2CN(CCCC(=O)O)[C@@H](C)CO2)c1. The van der Waals surface area contributed by atoms with Gasteiger partial charge in [-0.1, -0.05) is 23.8 Å². The number of carboxylic acid groups (broad SMARTS) is 1. The van der Waals surface area contributed by atoms with Crippen LogP contribution in [0.4, 0.5) is 0 Å². The summed E-state index contributed by atoms with van der Waals surface area (Å²) in [5.74, 6) is -0.720. The van der Waals surface area contributed by atoms with Crippen molar-refractivity contribution in [3.05, 3.63) is 34.9 Å². The van der Waals surface area contributed by atoms with E-state index < -0.39 is 5.97 Å². The Morgan fingerprint density at radius 2 is 2.19 bits per heavy atom. The van der Waals surface area contributed by atoms with Crippen LogP contribution in [-0.2, 0) is 9.53 Å². The van der Waals surface area contributed by atoms with Crippen LogP contribution in [0.25, 0.3) is 0 Å². The average molecular weight is 291 g/mol. The zero-order valence-electron chi connectivity index (χ0n) is 13.1. The molecule has 1 aliphatic heterocycles. The fourth-order valence-corrected chi connectivity index (χ4v) is 2.85. The molecule has 1 N–H and O–H groups in total. The quantitative estimate of drug-likeness (QED) is 0.906. The first-order valence-corrected chi connectivity index (χ1v) is 7.62. The van der Waals surface area contributed by atoms with Gasteiger partial charge in [0.1, 0.15) is 0 Å². The van der Waals surface area contributed by atoms with E-state index in [2.05, 4.69) is 43.9 Å². The molecule has 2 atom stereocenters. The predicted molar refractivity (Wildman–Crippen MR) is 82.5 cm³/mol. The van der Waals surface area contributed by atoms with E-state index in [-0.39, 0.29) is 12.5 Å². The highest BCUT2D eigenvalue weighted by Crippen LogP contribution is 2.28. The number of benzene rings is 1. The molecule has 0 radical (unpaired) electrons. The summed E-state index contributed by atoms with van der Waals surface area (Å²) in [6.07, 6.45) is 1.02. The number of aryl methyl sites for hydroxylation is 2. The van der Waals surface area contributed by atoms with Crippen molar-refractivity contribution in [2.24, 2.45) is 0 Å². The topological polar surface area (TPSA) is 49.8 Å². The first-order valence-electron chi connectivity index (χ1n) is 7.62. The summed E-state index contributed by atoms with van der Waals surface area (Å²) in [6.45, 7) is 8.71. The second-order valence-electron chi connectivity index (χ2n) is 6.02. The Labute approximate surface area is 126 Å². The normalized spacial score (nSPS) is 23.2. The molecule has 1 heterocycles. The van der Waals surface area contributed by atoms with Crippen molar-refractivity contribution in [1.82, 2.24) is 4.90 Å². The van der Waals surface area contributed by atoms with Gasteiger partial charge in [0.2, 0.25) is 0 Å². The molecule has 0 saturated carbocycles. The molecule has 0 spiro atoms. The van der Waals surface area contributed by atoms with Gasteiger partial charge in [0.05, 0.1) is 12.7 Å².